The highest BCUT2D eigenvalue weighted by molar-refractivity contribution is 5.74. The van der Waals surface area contributed by atoms with Crippen LogP contribution in [0.25, 0.3) is 0 Å². The molecule has 0 aliphatic heterocycles. The molecule has 52 valence electrons. The fourth-order valence-electron chi connectivity index (χ4n) is 0.235. The van der Waals surface area contributed by atoms with Crippen LogP contribution >= 0.6 is 0 Å². The summed E-state index contributed by atoms with van der Waals surface area (Å²) in [6, 6.07) is 0. The van der Waals surface area contributed by atoms with Crippen LogP contribution in [0.2, 0.25) is 0 Å². The molecule has 1 unspecified atom stereocenters. The molecule has 0 aliphatic carbocycles. The van der Waals surface area contributed by atoms with Crippen molar-refractivity contribution in [3.05, 3.63) is 12.8 Å². The lowest BCUT2D eigenvalue weighted by Crippen LogP contribution is -2.24. The summed E-state index contributed by atoms with van der Waals surface area (Å²) < 4.78 is 4.11. The van der Waals surface area contributed by atoms with Gasteiger partial charge < -0.3 is 14.9 Å². The molecule has 0 fully saturated rings. The number of rotatable bonds is 3. The Morgan fingerprint density at radius 2 is 2.44 bits per heavy atom. The monoisotopic (exact) mass is 132 g/mol. The smallest absolute Gasteiger partial charge is 0.342 e. The summed E-state index contributed by atoms with van der Waals surface area (Å²) in [5.74, 6) is -0.896. The molecule has 0 aromatic rings. The molecule has 0 saturated carbocycles. The molecule has 0 aliphatic rings. The summed E-state index contributed by atoms with van der Waals surface area (Å²) in [5, 5.41) is 16.6. The van der Waals surface area contributed by atoms with Crippen LogP contribution in [0.1, 0.15) is 0 Å². The topological polar surface area (TPSA) is 66.8 Å². The SMILES string of the molecule is C=COC(=O)C(O)CO. The van der Waals surface area contributed by atoms with Crippen LogP contribution in [0.4, 0.5) is 0 Å². The summed E-state index contributed by atoms with van der Waals surface area (Å²) in [6.07, 6.45) is -0.565. The highest BCUT2D eigenvalue weighted by atomic mass is 16.5. The van der Waals surface area contributed by atoms with E-state index in [0.29, 0.717) is 0 Å². The molecule has 1 atom stereocenters. The fraction of sp³-hybridized carbons (Fsp3) is 0.400. The predicted octanol–water partition coefficient (Wildman–Crippen LogP) is -0.974. The number of ether oxygens (including phenoxy) is 1. The van der Waals surface area contributed by atoms with E-state index in [1.807, 2.05) is 0 Å². The highest BCUT2D eigenvalue weighted by Crippen LogP contribution is 1.85. The van der Waals surface area contributed by atoms with Gasteiger partial charge in [0, 0.05) is 0 Å². The standard InChI is InChI=1S/C5H8O4/c1-2-9-5(8)4(7)3-6/h2,4,6-7H,1,3H2. The van der Waals surface area contributed by atoms with Gasteiger partial charge in [-0.3, -0.25) is 0 Å². The molecular formula is C5H8O4. The molecule has 0 spiro atoms. The van der Waals surface area contributed by atoms with Gasteiger partial charge in [0.15, 0.2) is 6.10 Å². The molecule has 0 radical (unpaired) electrons. The van der Waals surface area contributed by atoms with Gasteiger partial charge in [-0.05, 0) is 0 Å². The Bertz CT molecular complexity index is 110. The van der Waals surface area contributed by atoms with Gasteiger partial charge in [0.2, 0.25) is 0 Å². The Balaban J connectivity index is 3.58. The minimum Gasteiger partial charge on any atom is -0.433 e. The third-order valence-electron chi connectivity index (χ3n) is 0.644. The van der Waals surface area contributed by atoms with Crippen molar-refractivity contribution in [1.29, 1.82) is 0 Å². The maximum atomic E-state index is 10.3. The van der Waals surface area contributed by atoms with E-state index in [-0.39, 0.29) is 0 Å². The van der Waals surface area contributed by atoms with Crippen LogP contribution in [0.3, 0.4) is 0 Å². The third kappa shape index (κ3) is 2.84. The lowest BCUT2D eigenvalue weighted by atomic mass is 10.4. The summed E-state index contributed by atoms with van der Waals surface area (Å²) in [4.78, 5) is 10.3. The van der Waals surface area contributed by atoms with Gasteiger partial charge in [-0.1, -0.05) is 6.58 Å². The van der Waals surface area contributed by atoms with E-state index in [1.165, 1.54) is 0 Å². The molecule has 0 aromatic carbocycles. The van der Waals surface area contributed by atoms with E-state index in [4.69, 9.17) is 10.2 Å². The lowest BCUT2D eigenvalue weighted by Gasteiger charge is -2.01. The summed E-state index contributed by atoms with van der Waals surface area (Å²) >= 11 is 0. The number of aliphatic hydroxyl groups is 2. The molecule has 0 rings (SSSR count). The molecule has 9 heavy (non-hydrogen) atoms. The average molecular weight is 132 g/mol. The number of carbonyl (C=O) groups excluding carboxylic acids is 1. The number of aliphatic hydroxyl groups excluding tert-OH is 2. The average Bonchev–Trinajstić information content (AvgIpc) is 1.87. The zero-order valence-corrected chi connectivity index (χ0v) is 4.78. The number of esters is 1. The third-order valence-corrected chi connectivity index (χ3v) is 0.644. The van der Waals surface area contributed by atoms with Gasteiger partial charge in [0.25, 0.3) is 0 Å². The number of carbonyl (C=O) groups is 1. The van der Waals surface area contributed by atoms with Crippen LogP contribution in [-0.4, -0.2) is 28.9 Å². The van der Waals surface area contributed by atoms with Crippen LogP contribution in [0.5, 0.6) is 0 Å². The van der Waals surface area contributed by atoms with E-state index in [9.17, 15) is 4.79 Å². The molecule has 0 aromatic heterocycles. The number of hydrogen-bond donors (Lipinski definition) is 2. The van der Waals surface area contributed by atoms with Crippen LogP contribution < -0.4 is 0 Å². The van der Waals surface area contributed by atoms with Crippen molar-refractivity contribution < 1.29 is 19.7 Å². The zero-order chi connectivity index (χ0) is 7.28. The van der Waals surface area contributed by atoms with E-state index >= 15 is 0 Å². The Morgan fingerprint density at radius 1 is 1.89 bits per heavy atom. The van der Waals surface area contributed by atoms with Crippen LogP contribution in [0, 0.1) is 0 Å². The highest BCUT2D eigenvalue weighted by Gasteiger charge is 2.12. The maximum absolute atomic E-state index is 10.3. The Hall–Kier alpha value is -0.870. The maximum Gasteiger partial charge on any atom is 0.342 e. The van der Waals surface area contributed by atoms with Crippen molar-refractivity contribution in [2.75, 3.05) is 6.61 Å². The molecule has 0 heterocycles. The van der Waals surface area contributed by atoms with Gasteiger partial charge in [0.05, 0.1) is 12.9 Å². The van der Waals surface area contributed by atoms with Crippen molar-refractivity contribution >= 4 is 5.97 Å². The Kier molecular flexibility index (Phi) is 3.66. The molecule has 0 bridgehead atoms. The molecule has 4 heteroatoms. The van der Waals surface area contributed by atoms with Crippen molar-refractivity contribution in [2.45, 2.75) is 6.10 Å². The number of hydrogen-bond acceptors (Lipinski definition) is 4. The first-order valence-electron chi connectivity index (χ1n) is 2.32. The second-order valence-corrected chi connectivity index (χ2v) is 1.30. The predicted molar refractivity (Wildman–Crippen MR) is 29.4 cm³/mol. The first kappa shape index (κ1) is 8.13. The van der Waals surface area contributed by atoms with Gasteiger partial charge in [-0.2, -0.15) is 0 Å². The van der Waals surface area contributed by atoms with Gasteiger partial charge >= 0.3 is 5.97 Å². The summed E-state index contributed by atoms with van der Waals surface area (Å²) in [6.45, 7) is 2.45. The Morgan fingerprint density at radius 3 is 2.78 bits per heavy atom. The van der Waals surface area contributed by atoms with E-state index in [2.05, 4.69) is 11.3 Å². The van der Waals surface area contributed by atoms with Crippen LogP contribution in [-0.2, 0) is 9.53 Å². The second-order valence-electron chi connectivity index (χ2n) is 1.30. The fourth-order valence-corrected chi connectivity index (χ4v) is 0.235. The van der Waals surface area contributed by atoms with Crippen molar-refractivity contribution in [2.24, 2.45) is 0 Å². The van der Waals surface area contributed by atoms with E-state index in [0.717, 1.165) is 6.26 Å². The zero-order valence-electron chi connectivity index (χ0n) is 4.78. The minimum atomic E-state index is -1.46. The summed E-state index contributed by atoms with van der Waals surface area (Å²) in [5.41, 5.74) is 0. The largest absolute Gasteiger partial charge is 0.433 e. The second kappa shape index (κ2) is 4.05. The lowest BCUT2D eigenvalue weighted by molar-refractivity contribution is -0.149. The van der Waals surface area contributed by atoms with E-state index < -0.39 is 18.7 Å². The molecule has 2 N–H and O–H groups in total. The van der Waals surface area contributed by atoms with Gasteiger partial charge in [0.1, 0.15) is 0 Å². The minimum absolute atomic E-state index is 0.632. The normalized spacial score (nSPS) is 12.2. The Labute approximate surface area is 52.4 Å². The quantitative estimate of drug-likeness (QED) is 0.383. The molecular weight excluding hydrogens is 124 g/mol. The van der Waals surface area contributed by atoms with Crippen molar-refractivity contribution in [3.8, 4) is 0 Å². The molecule has 4 nitrogen and oxygen atoms in total. The summed E-state index contributed by atoms with van der Waals surface area (Å²) in [7, 11) is 0. The first-order chi connectivity index (χ1) is 4.22. The molecule has 0 saturated heterocycles. The van der Waals surface area contributed by atoms with Gasteiger partial charge in [-0.15, -0.1) is 0 Å². The van der Waals surface area contributed by atoms with Crippen molar-refractivity contribution in [3.63, 3.8) is 0 Å². The molecule has 0 amide bonds. The van der Waals surface area contributed by atoms with Crippen molar-refractivity contribution in [1.82, 2.24) is 0 Å². The van der Waals surface area contributed by atoms with Crippen LogP contribution in [0.15, 0.2) is 12.8 Å². The van der Waals surface area contributed by atoms with E-state index in [1.54, 1.807) is 0 Å². The van der Waals surface area contributed by atoms with Gasteiger partial charge in [-0.25, -0.2) is 4.79 Å². The first-order valence-corrected chi connectivity index (χ1v) is 2.32.